The Morgan fingerprint density at radius 3 is 2.64 bits per heavy atom. The second kappa shape index (κ2) is 4.74. The predicted molar refractivity (Wildman–Crippen MR) is 57.9 cm³/mol. The molecule has 0 radical (unpaired) electrons. The highest BCUT2D eigenvalue weighted by Crippen LogP contribution is 2.33. The van der Waals surface area contributed by atoms with Gasteiger partial charge in [0.25, 0.3) is 0 Å². The van der Waals surface area contributed by atoms with Gasteiger partial charge in [0, 0.05) is 11.8 Å². The van der Waals surface area contributed by atoms with Crippen LogP contribution >= 0.6 is 0 Å². The summed E-state index contributed by atoms with van der Waals surface area (Å²) in [7, 11) is 1.64. The van der Waals surface area contributed by atoms with Crippen molar-refractivity contribution in [1.82, 2.24) is 0 Å². The average Bonchev–Trinajstić information content (AvgIpc) is 2.14. The monoisotopic (exact) mass is 195 g/mol. The first-order valence-corrected chi connectivity index (χ1v) is 4.76. The maximum absolute atomic E-state index is 5.72. The van der Waals surface area contributed by atoms with E-state index in [2.05, 4.69) is 6.92 Å². The van der Waals surface area contributed by atoms with E-state index in [1.165, 1.54) is 0 Å². The van der Waals surface area contributed by atoms with Gasteiger partial charge >= 0.3 is 0 Å². The number of benzene rings is 1. The number of anilines is 1. The van der Waals surface area contributed by atoms with Crippen molar-refractivity contribution in [2.24, 2.45) is 0 Å². The molecule has 0 aromatic heterocycles. The number of hydrogen-bond donors (Lipinski definition) is 1. The lowest BCUT2D eigenvalue weighted by Crippen LogP contribution is -2.00. The highest BCUT2D eigenvalue weighted by Gasteiger charge is 2.08. The lowest BCUT2D eigenvalue weighted by molar-refractivity contribution is 0.293. The van der Waals surface area contributed by atoms with Crippen molar-refractivity contribution in [2.75, 3.05) is 19.5 Å². The van der Waals surface area contributed by atoms with Crippen molar-refractivity contribution in [3.8, 4) is 11.5 Å². The van der Waals surface area contributed by atoms with Crippen molar-refractivity contribution in [2.45, 2.75) is 20.3 Å². The quantitative estimate of drug-likeness (QED) is 0.750. The average molecular weight is 195 g/mol. The van der Waals surface area contributed by atoms with Crippen molar-refractivity contribution < 1.29 is 9.47 Å². The number of ether oxygens (including phenoxy) is 2. The summed E-state index contributed by atoms with van der Waals surface area (Å²) in [4.78, 5) is 0. The highest BCUT2D eigenvalue weighted by atomic mass is 16.5. The SMILES string of the molecule is CCCOc1cc(N)cc(C)c1OC. The van der Waals surface area contributed by atoms with Crippen LogP contribution in [0, 0.1) is 6.92 Å². The first-order chi connectivity index (χ1) is 6.69. The lowest BCUT2D eigenvalue weighted by Gasteiger charge is -2.13. The Hall–Kier alpha value is -1.38. The number of hydrogen-bond acceptors (Lipinski definition) is 3. The Bertz CT molecular complexity index is 310. The van der Waals surface area contributed by atoms with Gasteiger partial charge in [-0.15, -0.1) is 0 Å². The third kappa shape index (κ3) is 2.31. The fourth-order valence-electron chi connectivity index (χ4n) is 1.35. The van der Waals surface area contributed by atoms with Crippen LogP contribution in [0.15, 0.2) is 12.1 Å². The molecule has 3 nitrogen and oxygen atoms in total. The van der Waals surface area contributed by atoms with Crippen LogP contribution in [0.4, 0.5) is 5.69 Å². The van der Waals surface area contributed by atoms with Gasteiger partial charge in [-0.25, -0.2) is 0 Å². The summed E-state index contributed by atoms with van der Waals surface area (Å²) in [5, 5.41) is 0. The molecule has 1 aromatic carbocycles. The minimum absolute atomic E-state index is 0.680. The van der Waals surface area contributed by atoms with Crippen molar-refractivity contribution >= 4 is 5.69 Å². The smallest absolute Gasteiger partial charge is 0.163 e. The topological polar surface area (TPSA) is 44.5 Å². The molecule has 0 saturated heterocycles. The van der Waals surface area contributed by atoms with E-state index >= 15 is 0 Å². The van der Waals surface area contributed by atoms with E-state index in [0.717, 1.165) is 23.5 Å². The molecule has 1 aromatic rings. The summed E-state index contributed by atoms with van der Waals surface area (Å²) in [5.74, 6) is 1.50. The number of methoxy groups -OCH3 is 1. The molecule has 1 rings (SSSR count). The van der Waals surface area contributed by atoms with E-state index in [-0.39, 0.29) is 0 Å². The van der Waals surface area contributed by atoms with Crippen LogP contribution in [0.1, 0.15) is 18.9 Å². The normalized spacial score (nSPS) is 9.93. The summed E-state index contributed by atoms with van der Waals surface area (Å²) < 4.78 is 10.8. The molecule has 0 heterocycles. The molecule has 3 heteroatoms. The Morgan fingerprint density at radius 2 is 2.07 bits per heavy atom. The molecule has 2 N–H and O–H groups in total. The first kappa shape index (κ1) is 10.7. The third-order valence-corrected chi connectivity index (χ3v) is 1.93. The maximum atomic E-state index is 5.72. The van der Waals surface area contributed by atoms with Gasteiger partial charge in [0.05, 0.1) is 13.7 Å². The number of nitrogen functional groups attached to an aromatic ring is 1. The zero-order valence-electron chi connectivity index (χ0n) is 8.96. The summed E-state index contributed by atoms with van der Waals surface area (Å²) in [6.45, 7) is 4.69. The molecule has 0 aliphatic carbocycles. The zero-order chi connectivity index (χ0) is 10.6. The van der Waals surface area contributed by atoms with Crippen LogP contribution in [0.2, 0.25) is 0 Å². The largest absolute Gasteiger partial charge is 0.493 e. The van der Waals surface area contributed by atoms with Gasteiger partial charge < -0.3 is 15.2 Å². The molecule has 78 valence electrons. The molecule has 0 unspecified atom stereocenters. The van der Waals surface area contributed by atoms with Gasteiger partial charge in [0.15, 0.2) is 11.5 Å². The standard InChI is InChI=1S/C11H17NO2/c1-4-5-14-10-7-9(12)6-8(2)11(10)13-3/h6-7H,4-5,12H2,1-3H3. The van der Waals surface area contributed by atoms with Gasteiger partial charge in [-0.1, -0.05) is 6.92 Å². The molecular weight excluding hydrogens is 178 g/mol. The van der Waals surface area contributed by atoms with Gasteiger partial charge in [-0.05, 0) is 25.0 Å². The fraction of sp³-hybridized carbons (Fsp3) is 0.455. The van der Waals surface area contributed by atoms with Crippen LogP contribution in [0.25, 0.3) is 0 Å². The van der Waals surface area contributed by atoms with Crippen LogP contribution in [-0.4, -0.2) is 13.7 Å². The van der Waals surface area contributed by atoms with E-state index in [0.29, 0.717) is 12.3 Å². The zero-order valence-corrected chi connectivity index (χ0v) is 8.96. The Kier molecular flexibility index (Phi) is 3.63. The summed E-state index contributed by atoms with van der Waals surface area (Å²) in [6.07, 6.45) is 0.969. The molecule has 0 atom stereocenters. The van der Waals surface area contributed by atoms with E-state index in [9.17, 15) is 0 Å². The highest BCUT2D eigenvalue weighted by molar-refractivity contribution is 5.56. The number of aryl methyl sites for hydroxylation is 1. The molecule has 14 heavy (non-hydrogen) atoms. The molecule has 0 aliphatic heterocycles. The summed E-state index contributed by atoms with van der Waals surface area (Å²) in [5.41, 5.74) is 7.42. The van der Waals surface area contributed by atoms with E-state index in [4.69, 9.17) is 15.2 Å². The van der Waals surface area contributed by atoms with Crippen molar-refractivity contribution in [3.63, 3.8) is 0 Å². The van der Waals surface area contributed by atoms with Crippen molar-refractivity contribution in [3.05, 3.63) is 17.7 Å². The van der Waals surface area contributed by atoms with Gasteiger partial charge in [-0.3, -0.25) is 0 Å². The fourth-order valence-corrected chi connectivity index (χ4v) is 1.35. The second-order valence-electron chi connectivity index (χ2n) is 3.22. The maximum Gasteiger partial charge on any atom is 0.163 e. The Balaban J connectivity index is 2.99. The second-order valence-corrected chi connectivity index (χ2v) is 3.22. The van der Waals surface area contributed by atoms with E-state index in [1.807, 2.05) is 13.0 Å². The molecular formula is C11H17NO2. The molecule has 0 amide bonds. The Morgan fingerprint density at radius 1 is 1.36 bits per heavy atom. The minimum atomic E-state index is 0.680. The molecule has 0 bridgehead atoms. The number of nitrogens with two attached hydrogens (primary N) is 1. The van der Waals surface area contributed by atoms with Crippen LogP contribution < -0.4 is 15.2 Å². The summed E-state index contributed by atoms with van der Waals surface area (Å²) in [6, 6.07) is 3.67. The lowest BCUT2D eigenvalue weighted by atomic mass is 10.2. The minimum Gasteiger partial charge on any atom is -0.493 e. The van der Waals surface area contributed by atoms with E-state index < -0.39 is 0 Å². The first-order valence-electron chi connectivity index (χ1n) is 4.76. The van der Waals surface area contributed by atoms with Gasteiger partial charge in [0.2, 0.25) is 0 Å². The number of rotatable bonds is 4. The van der Waals surface area contributed by atoms with Crippen LogP contribution in [0.3, 0.4) is 0 Å². The van der Waals surface area contributed by atoms with Crippen molar-refractivity contribution in [1.29, 1.82) is 0 Å². The predicted octanol–water partition coefficient (Wildman–Crippen LogP) is 2.37. The van der Waals surface area contributed by atoms with Crippen LogP contribution in [-0.2, 0) is 0 Å². The third-order valence-electron chi connectivity index (χ3n) is 1.93. The molecule has 0 saturated carbocycles. The summed E-state index contributed by atoms with van der Waals surface area (Å²) >= 11 is 0. The van der Waals surface area contributed by atoms with Gasteiger partial charge in [0.1, 0.15) is 0 Å². The molecule has 0 aliphatic rings. The molecule has 0 fully saturated rings. The van der Waals surface area contributed by atoms with Gasteiger partial charge in [-0.2, -0.15) is 0 Å². The Labute approximate surface area is 84.8 Å². The van der Waals surface area contributed by atoms with Crippen LogP contribution in [0.5, 0.6) is 11.5 Å². The van der Waals surface area contributed by atoms with E-state index in [1.54, 1.807) is 13.2 Å². The molecule has 0 spiro atoms.